The second kappa shape index (κ2) is 3.87. The smallest absolute Gasteiger partial charge is 0.291 e. The number of hydrogen-bond acceptors (Lipinski definition) is 3. The van der Waals surface area contributed by atoms with Gasteiger partial charge in [-0.3, -0.25) is 14.5 Å². The maximum Gasteiger partial charge on any atom is 0.291 e. The molecule has 13 heavy (non-hydrogen) atoms. The molecule has 1 atom stereocenters. The number of Topliss-reactive ketones (excluding diaryl/α,β-unsaturated/α-hetero) is 1. The molecule has 0 saturated carbocycles. The number of likely N-dealkylation sites (tertiary alicyclic amines) is 1. The third kappa shape index (κ3) is 2.06. The molecule has 0 aliphatic carbocycles. The van der Waals surface area contributed by atoms with Crippen LogP contribution in [0.1, 0.15) is 19.8 Å². The molecule has 0 bridgehead atoms. The van der Waals surface area contributed by atoms with Crippen LogP contribution < -0.4 is 0 Å². The molecule has 0 aromatic carbocycles. The van der Waals surface area contributed by atoms with Crippen molar-refractivity contribution >= 4 is 11.7 Å². The highest BCUT2D eigenvalue weighted by Crippen LogP contribution is 2.12. The van der Waals surface area contributed by atoms with Crippen molar-refractivity contribution in [3.8, 4) is 0 Å². The zero-order chi connectivity index (χ0) is 10.0. The summed E-state index contributed by atoms with van der Waals surface area (Å²) in [5.41, 5.74) is 0. The molecule has 1 rings (SSSR count). The first-order chi connectivity index (χ1) is 6.04. The lowest BCUT2D eigenvalue weighted by Gasteiger charge is -2.35. The summed E-state index contributed by atoms with van der Waals surface area (Å²) < 4.78 is 0. The van der Waals surface area contributed by atoms with Crippen molar-refractivity contribution < 1.29 is 9.59 Å². The summed E-state index contributed by atoms with van der Waals surface area (Å²) in [6, 6.07) is 0. The van der Waals surface area contributed by atoms with Crippen molar-refractivity contribution in [1.82, 2.24) is 9.80 Å². The van der Waals surface area contributed by atoms with E-state index < -0.39 is 0 Å². The van der Waals surface area contributed by atoms with Crippen molar-refractivity contribution in [2.24, 2.45) is 0 Å². The third-order valence-electron chi connectivity index (χ3n) is 2.50. The Morgan fingerprint density at radius 3 is 2.54 bits per heavy atom. The van der Waals surface area contributed by atoms with Gasteiger partial charge in [-0.25, -0.2) is 0 Å². The van der Waals surface area contributed by atoms with E-state index >= 15 is 0 Å². The predicted octanol–water partition coefficient (Wildman–Crippen LogP) is 0.0855. The van der Waals surface area contributed by atoms with Crippen LogP contribution in [0.2, 0.25) is 0 Å². The molecule has 1 fully saturated rings. The first kappa shape index (κ1) is 10.2. The van der Waals surface area contributed by atoms with Gasteiger partial charge in [-0.15, -0.1) is 0 Å². The first-order valence-corrected chi connectivity index (χ1v) is 4.54. The summed E-state index contributed by atoms with van der Waals surface area (Å²) in [5.74, 6) is -0.576. The van der Waals surface area contributed by atoms with Crippen LogP contribution in [0.5, 0.6) is 0 Å². The molecule has 0 spiro atoms. The molecule has 0 radical (unpaired) electrons. The van der Waals surface area contributed by atoms with Crippen LogP contribution in [0.25, 0.3) is 0 Å². The van der Waals surface area contributed by atoms with Gasteiger partial charge in [0.1, 0.15) is 0 Å². The van der Waals surface area contributed by atoms with Crippen molar-refractivity contribution in [3.05, 3.63) is 0 Å². The molecular formula is C9H16N2O2. The Balaban J connectivity index is 2.68. The van der Waals surface area contributed by atoms with Crippen LogP contribution in [-0.4, -0.2) is 48.3 Å². The SMILES string of the molecule is CC(N(C)C)N1CCCC(=O)C1=O. The molecule has 1 unspecified atom stereocenters. The summed E-state index contributed by atoms with van der Waals surface area (Å²) >= 11 is 0. The molecule has 4 heteroatoms. The summed E-state index contributed by atoms with van der Waals surface area (Å²) in [5, 5.41) is 0. The normalized spacial score (nSPS) is 21.1. The molecule has 0 N–H and O–H groups in total. The van der Waals surface area contributed by atoms with Gasteiger partial charge in [-0.1, -0.05) is 0 Å². The quantitative estimate of drug-likeness (QED) is 0.571. The number of rotatable bonds is 2. The number of carbonyl (C=O) groups excluding carboxylic acids is 2. The van der Waals surface area contributed by atoms with Gasteiger partial charge in [0.15, 0.2) is 0 Å². The molecule has 0 aromatic heterocycles. The molecule has 4 nitrogen and oxygen atoms in total. The number of carbonyl (C=O) groups is 2. The zero-order valence-corrected chi connectivity index (χ0v) is 8.41. The van der Waals surface area contributed by atoms with Gasteiger partial charge < -0.3 is 4.90 Å². The number of ketones is 1. The minimum atomic E-state index is -0.326. The van der Waals surface area contributed by atoms with E-state index in [1.165, 1.54) is 0 Å². The van der Waals surface area contributed by atoms with Crippen molar-refractivity contribution in [1.29, 1.82) is 0 Å². The van der Waals surface area contributed by atoms with Gasteiger partial charge >= 0.3 is 0 Å². The number of amides is 1. The van der Waals surface area contributed by atoms with E-state index in [-0.39, 0.29) is 17.9 Å². The van der Waals surface area contributed by atoms with Crippen LogP contribution in [0.15, 0.2) is 0 Å². The number of nitrogens with zero attached hydrogens (tertiary/aromatic N) is 2. The van der Waals surface area contributed by atoms with E-state index in [9.17, 15) is 9.59 Å². The van der Waals surface area contributed by atoms with Crippen LogP contribution in [0.3, 0.4) is 0 Å². The van der Waals surface area contributed by atoms with Crippen LogP contribution in [-0.2, 0) is 9.59 Å². The summed E-state index contributed by atoms with van der Waals surface area (Å²) in [6.45, 7) is 2.63. The summed E-state index contributed by atoms with van der Waals surface area (Å²) in [4.78, 5) is 26.1. The maximum absolute atomic E-state index is 11.4. The molecule has 1 aliphatic rings. The standard InChI is InChI=1S/C9H16N2O2/c1-7(10(2)3)11-6-4-5-8(12)9(11)13/h7H,4-6H2,1-3H3. The Hall–Kier alpha value is -0.900. The number of hydrogen-bond donors (Lipinski definition) is 0. The molecule has 1 heterocycles. The fourth-order valence-corrected chi connectivity index (χ4v) is 1.41. The Bertz CT molecular complexity index is 226. The summed E-state index contributed by atoms with van der Waals surface area (Å²) in [6.07, 6.45) is 1.22. The fourth-order valence-electron chi connectivity index (χ4n) is 1.41. The highest BCUT2D eigenvalue weighted by Gasteiger charge is 2.30. The Morgan fingerprint density at radius 1 is 1.38 bits per heavy atom. The lowest BCUT2D eigenvalue weighted by molar-refractivity contribution is -0.150. The molecule has 0 aromatic rings. The third-order valence-corrected chi connectivity index (χ3v) is 2.50. The van der Waals surface area contributed by atoms with E-state index in [2.05, 4.69) is 0 Å². The highest BCUT2D eigenvalue weighted by atomic mass is 16.2. The van der Waals surface area contributed by atoms with E-state index in [1.54, 1.807) is 4.90 Å². The van der Waals surface area contributed by atoms with Gasteiger partial charge in [0.05, 0.1) is 6.17 Å². The molecular weight excluding hydrogens is 168 g/mol. The monoisotopic (exact) mass is 184 g/mol. The predicted molar refractivity (Wildman–Crippen MR) is 49.1 cm³/mol. The van der Waals surface area contributed by atoms with E-state index in [0.717, 1.165) is 6.42 Å². The van der Waals surface area contributed by atoms with Crippen molar-refractivity contribution in [2.75, 3.05) is 20.6 Å². The van der Waals surface area contributed by atoms with Crippen LogP contribution >= 0.6 is 0 Å². The Labute approximate surface area is 78.5 Å². The fraction of sp³-hybridized carbons (Fsp3) is 0.778. The minimum absolute atomic E-state index is 0.0109. The van der Waals surface area contributed by atoms with Crippen molar-refractivity contribution in [3.63, 3.8) is 0 Å². The average Bonchev–Trinajstić information content (AvgIpc) is 2.08. The second-order valence-electron chi connectivity index (χ2n) is 3.62. The highest BCUT2D eigenvalue weighted by molar-refractivity contribution is 6.36. The van der Waals surface area contributed by atoms with Crippen LogP contribution in [0.4, 0.5) is 0 Å². The lowest BCUT2D eigenvalue weighted by Crippen LogP contribution is -2.51. The van der Waals surface area contributed by atoms with Gasteiger partial charge in [-0.05, 0) is 27.4 Å². The van der Waals surface area contributed by atoms with Crippen molar-refractivity contribution in [2.45, 2.75) is 25.9 Å². The molecule has 74 valence electrons. The molecule has 1 saturated heterocycles. The van der Waals surface area contributed by atoms with E-state index in [4.69, 9.17) is 0 Å². The summed E-state index contributed by atoms with van der Waals surface area (Å²) in [7, 11) is 3.80. The van der Waals surface area contributed by atoms with Crippen LogP contribution in [0, 0.1) is 0 Å². The zero-order valence-electron chi connectivity index (χ0n) is 8.41. The number of piperidine rings is 1. The molecule has 1 amide bonds. The first-order valence-electron chi connectivity index (χ1n) is 4.54. The van der Waals surface area contributed by atoms with Gasteiger partial charge in [0.25, 0.3) is 5.91 Å². The largest absolute Gasteiger partial charge is 0.321 e. The lowest BCUT2D eigenvalue weighted by atomic mass is 10.1. The van der Waals surface area contributed by atoms with Gasteiger partial charge in [-0.2, -0.15) is 0 Å². The average molecular weight is 184 g/mol. The van der Waals surface area contributed by atoms with Gasteiger partial charge in [0.2, 0.25) is 5.78 Å². The second-order valence-corrected chi connectivity index (χ2v) is 3.62. The van der Waals surface area contributed by atoms with Gasteiger partial charge in [0, 0.05) is 13.0 Å². The van der Waals surface area contributed by atoms with E-state index in [0.29, 0.717) is 13.0 Å². The maximum atomic E-state index is 11.4. The minimum Gasteiger partial charge on any atom is -0.321 e. The van der Waals surface area contributed by atoms with E-state index in [1.807, 2.05) is 25.9 Å². The Kier molecular flexibility index (Phi) is 3.03. The molecule has 1 aliphatic heterocycles. The topological polar surface area (TPSA) is 40.6 Å². The Morgan fingerprint density at radius 2 is 2.00 bits per heavy atom.